The first-order chi connectivity index (χ1) is 4.34. The molecule has 0 spiro atoms. The molecule has 0 aliphatic rings. The third kappa shape index (κ3) is 6.20. The molecule has 0 aliphatic heterocycles. The molecule has 0 saturated carbocycles. The third-order valence-electron chi connectivity index (χ3n) is 0.726. The number of carbonyl (C=O) groups excluding carboxylic acids is 2. The second kappa shape index (κ2) is 4.63. The van der Waals surface area contributed by atoms with Crippen LogP contribution in [0.3, 0.4) is 0 Å². The number of hydrogen-bond donors (Lipinski definition) is 0. The molecule has 11 heavy (non-hydrogen) atoms. The first kappa shape index (κ1) is 13.4. The summed E-state index contributed by atoms with van der Waals surface area (Å²) < 4.78 is 33.9. The smallest absolute Gasteiger partial charge is 0.300 e. The van der Waals surface area contributed by atoms with E-state index in [9.17, 15) is 22.8 Å². The Morgan fingerprint density at radius 2 is 1.64 bits per heavy atom. The number of Topliss-reactive ketones (excluding diaryl/α,β-unsaturated/α-hetero) is 2. The van der Waals surface area contributed by atoms with Gasteiger partial charge < -0.3 is 0 Å². The van der Waals surface area contributed by atoms with Gasteiger partial charge >= 0.3 is 6.18 Å². The predicted molar refractivity (Wildman–Crippen MR) is 26.4 cm³/mol. The van der Waals surface area contributed by atoms with E-state index in [1.165, 1.54) is 0 Å². The van der Waals surface area contributed by atoms with Crippen molar-refractivity contribution >= 4 is 11.6 Å². The summed E-state index contributed by atoms with van der Waals surface area (Å²) in [6, 6.07) is 0. The monoisotopic (exact) mass is 260 g/mol. The molecule has 0 aromatic heterocycles. The van der Waals surface area contributed by atoms with Crippen LogP contribution in [0.5, 0.6) is 0 Å². The van der Waals surface area contributed by atoms with Crippen molar-refractivity contribution in [2.45, 2.75) is 19.5 Å². The molecule has 0 rings (SSSR count). The average Bonchev–Trinajstić information content (AvgIpc) is 1.60. The summed E-state index contributed by atoms with van der Waals surface area (Å²) >= 11 is 0. The fourth-order valence-corrected chi connectivity index (χ4v) is 0.326. The van der Waals surface area contributed by atoms with E-state index in [1.54, 1.807) is 0 Å². The average molecular weight is 261 g/mol. The van der Waals surface area contributed by atoms with Crippen LogP contribution in [0.1, 0.15) is 13.3 Å². The van der Waals surface area contributed by atoms with E-state index in [2.05, 4.69) is 0 Å². The standard InChI is InChI=1S/C5H5F3O2.Pd/c1-3(9)2-4(10)5(6,7)8;/h2H2,1H3;. The molecule has 0 heterocycles. The molecule has 0 radical (unpaired) electrons. The van der Waals surface area contributed by atoms with Crippen molar-refractivity contribution in [2.24, 2.45) is 0 Å². The van der Waals surface area contributed by atoms with E-state index in [-0.39, 0.29) is 20.4 Å². The minimum absolute atomic E-state index is 0. The van der Waals surface area contributed by atoms with Crippen molar-refractivity contribution in [3.8, 4) is 0 Å². The Bertz CT molecular complexity index is 164. The molecule has 2 nitrogen and oxygen atoms in total. The molecule has 0 bridgehead atoms. The molecule has 0 fully saturated rings. The maximum atomic E-state index is 11.3. The minimum Gasteiger partial charge on any atom is -0.300 e. The van der Waals surface area contributed by atoms with Crippen molar-refractivity contribution in [1.82, 2.24) is 0 Å². The molecule has 0 saturated heterocycles. The quantitative estimate of drug-likeness (QED) is 0.550. The summed E-state index contributed by atoms with van der Waals surface area (Å²) in [6.45, 7) is 0.934. The van der Waals surface area contributed by atoms with Gasteiger partial charge in [-0.15, -0.1) is 0 Å². The van der Waals surface area contributed by atoms with Crippen LogP contribution in [0, 0.1) is 0 Å². The third-order valence-corrected chi connectivity index (χ3v) is 0.726. The predicted octanol–water partition coefficient (Wildman–Crippen LogP) is 1.09. The fraction of sp³-hybridized carbons (Fsp3) is 0.600. The van der Waals surface area contributed by atoms with Gasteiger partial charge in [-0.1, -0.05) is 0 Å². The summed E-state index contributed by atoms with van der Waals surface area (Å²) in [6.07, 6.45) is -5.92. The SMILES string of the molecule is CC(=O)CC(=O)C(F)(F)F.[Pd]. The van der Waals surface area contributed by atoms with Gasteiger partial charge in [-0.25, -0.2) is 0 Å². The molecule has 0 unspecified atom stereocenters. The van der Waals surface area contributed by atoms with Crippen molar-refractivity contribution < 1.29 is 43.2 Å². The molecular formula is C5H5F3O2Pd. The van der Waals surface area contributed by atoms with Gasteiger partial charge in [0, 0.05) is 20.4 Å². The molecular weight excluding hydrogens is 255 g/mol. The van der Waals surface area contributed by atoms with Crippen molar-refractivity contribution in [2.75, 3.05) is 0 Å². The van der Waals surface area contributed by atoms with E-state index >= 15 is 0 Å². The number of carbonyl (C=O) groups is 2. The van der Waals surface area contributed by atoms with Crippen LogP contribution in [-0.2, 0) is 30.0 Å². The Morgan fingerprint density at radius 3 is 1.73 bits per heavy atom. The normalized spacial score (nSPS) is 10.2. The Balaban J connectivity index is 0. The minimum atomic E-state index is -4.87. The Labute approximate surface area is 74.8 Å². The van der Waals surface area contributed by atoms with Crippen LogP contribution < -0.4 is 0 Å². The van der Waals surface area contributed by atoms with Gasteiger partial charge in [-0.3, -0.25) is 9.59 Å². The Morgan fingerprint density at radius 1 is 1.27 bits per heavy atom. The summed E-state index contributed by atoms with van der Waals surface area (Å²) in [5.74, 6) is -2.76. The Hall–Kier alpha value is -0.208. The summed E-state index contributed by atoms with van der Waals surface area (Å²) in [5.41, 5.74) is 0. The first-order valence-corrected chi connectivity index (χ1v) is 2.43. The van der Waals surface area contributed by atoms with Gasteiger partial charge in [-0.05, 0) is 6.92 Å². The summed E-state index contributed by atoms with van der Waals surface area (Å²) in [7, 11) is 0. The second-order valence-electron chi connectivity index (χ2n) is 1.80. The van der Waals surface area contributed by atoms with E-state index in [0.717, 1.165) is 6.92 Å². The fourth-order valence-electron chi connectivity index (χ4n) is 0.326. The van der Waals surface area contributed by atoms with Gasteiger partial charge in [-0.2, -0.15) is 13.2 Å². The van der Waals surface area contributed by atoms with Crippen molar-refractivity contribution in [3.05, 3.63) is 0 Å². The number of hydrogen-bond acceptors (Lipinski definition) is 2. The van der Waals surface area contributed by atoms with Gasteiger partial charge in [0.05, 0.1) is 6.42 Å². The number of ketones is 2. The van der Waals surface area contributed by atoms with Crippen molar-refractivity contribution in [3.63, 3.8) is 0 Å². The zero-order chi connectivity index (χ0) is 8.36. The largest absolute Gasteiger partial charge is 0.450 e. The first-order valence-electron chi connectivity index (χ1n) is 2.43. The summed E-state index contributed by atoms with van der Waals surface area (Å²) in [4.78, 5) is 19.9. The zero-order valence-electron chi connectivity index (χ0n) is 5.47. The maximum absolute atomic E-state index is 11.3. The maximum Gasteiger partial charge on any atom is 0.450 e. The molecule has 0 aromatic rings. The van der Waals surface area contributed by atoms with Crippen LogP contribution in [0.4, 0.5) is 13.2 Å². The van der Waals surface area contributed by atoms with Crippen LogP contribution in [0.2, 0.25) is 0 Å². The topological polar surface area (TPSA) is 34.1 Å². The van der Waals surface area contributed by atoms with Gasteiger partial charge in [0.15, 0.2) is 0 Å². The molecule has 0 N–H and O–H groups in total. The van der Waals surface area contributed by atoms with Crippen LogP contribution in [0.15, 0.2) is 0 Å². The molecule has 6 heteroatoms. The molecule has 0 amide bonds. The van der Waals surface area contributed by atoms with Crippen LogP contribution >= 0.6 is 0 Å². The van der Waals surface area contributed by atoms with Gasteiger partial charge in [0.25, 0.3) is 0 Å². The van der Waals surface area contributed by atoms with E-state index in [0.29, 0.717) is 0 Å². The number of rotatable bonds is 2. The molecule has 0 atom stereocenters. The zero-order valence-corrected chi connectivity index (χ0v) is 7.03. The molecule has 0 aromatic carbocycles. The second-order valence-corrected chi connectivity index (χ2v) is 1.80. The van der Waals surface area contributed by atoms with Crippen molar-refractivity contribution in [1.29, 1.82) is 0 Å². The number of alkyl halides is 3. The van der Waals surface area contributed by atoms with Gasteiger partial charge in [0.1, 0.15) is 5.78 Å². The van der Waals surface area contributed by atoms with E-state index < -0.39 is 24.2 Å². The number of halogens is 3. The van der Waals surface area contributed by atoms with Crippen LogP contribution in [0.25, 0.3) is 0 Å². The van der Waals surface area contributed by atoms with E-state index in [4.69, 9.17) is 0 Å². The molecule has 68 valence electrons. The Kier molecular flexibility index (Phi) is 5.63. The molecule has 0 aliphatic carbocycles. The van der Waals surface area contributed by atoms with Gasteiger partial charge in [0.2, 0.25) is 5.78 Å². The summed E-state index contributed by atoms with van der Waals surface area (Å²) in [5, 5.41) is 0. The van der Waals surface area contributed by atoms with Crippen LogP contribution in [-0.4, -0.2) is 17.7 Å². The van der Waals surface area contributed by atoms with E-state index in [1.807, 2.05) is 0 Å².